The van der Waals surface area contributed by atoms with Crippen molar-refractivity contribution in [1.29, 1.82) is 0 Å². The topological polar surface area (TPSA) is 65.7 Å². The number of hydrogen-bond acceptors (Lipinski definition) is 5. The minimum atomic E-state index is -1.04. The fourth-order valence-corrected chi connectivity index (χ4v) is 3.36. The Labute approximate surface area is 138 Å². The summed E-state index contributed by atoms with van der Waals surface area (Å²) in [7, 11) is 2.78. The van der Waals surface area contributed by atoms with Crippen molar-refractivity contribution in [3.8, 4) is 0 Å². The number of aliphatic hydroxyl groups is 1. The van der Waals surface area contributed by atoms with E-state index in [1.165, 1.54) is 13.5 Å². The summed E-state index contributed by atoms with van der Waals surface area (Å²) in [5, 5.41) is 14.1. The van der Waals surface area contributed by atoms with E-state index in [0.29, 0.717) is 5.69 Å². The van der Waals surface area contributed by atoms with Crippen LogP contribution in [-0.4, -0.2) is 40.3 Å². The molecule has 0 bridgehead atoms. The van der Waals surface area contributed by atoms with E-state index in [2.05, 4.69) is 32.8 Å². The van der Waals surface area contributed by atoms with Crippen molar-refractivity contribution in [2.45, 2.75) is 58.0 Å². The average molecular weight is 322 g/mol. The average Bonchev–Trinajstić information content (AvgIpc) is 2.91. The van der Waals surface area contributed by atoms with Crippen molar-refractivity contribution in [2.75, 3.05) is 7.11 Å². The number of nitrogens with zero attached hydrogens (tertiary/aromatic N) is 2. The Kier molecular flexibility index (Phi) is 4.12. The maximum Gasteiger partial charge on any atom is 0.514 e. The van der Waals surface area contributed by atoms with Crippen LogP contribution in [0.1, 0.15) is 52.5 Å². The van der Waals surface area contributed by atoms with Crippen molar-refractivity contribution in [3.63, 3.8) is 0 Å². The molecule has 4 atom stereocenters. The molecule has 23 heavy (non-hydrogen) atoms. The lowest BCUT2D eigenvalue weighted by Gasteiger charge is -2.36. The number of aliphatic hydroxyl groups excluding tert-OH is 1. The monoisotopic (exact) mass is 322 g/mol. The highest BCUT2D eigenvalue weighted by atomic mass is 16.7. The second-order valence-electron chi connectivity index (χ2n) is 7.69. The first-order chi connectivity index (χ1) is 10.7. The summed E-state index contributed by atoms with van der Waals surface area (Å²) in [4.78, 5) is 0. The van der Waals surface area contributed by atoms with E-state index < -0.39 is 13.4 Å². The van der Waals surface area contributed by atoms with E-state index in [1.807, 2.05) is 7.05 Å². The Morgan fingerprint density at radius 2 is 2.13 bits per heavy atom. The molecule has 1 saturated heterocycles. The number of methoxy groups -OCH3 is 1. The highest BCUT2D eigenvalue weighted by Gasteiger charge is 2.57. The maximum absolute atomic E-state index is 9.79. The minimum absolute atomic E-state index is 0.336. The fourth-order valence-electron chi connectivity index (χ4n) is 3.36. The summed E-state index contributed by atoms with van der Waals surface area (Å²) in [6, 6.07) is 1.78. The third kappa shape index (κ3) is 2.95. The van der Waals surface area contributed by atoms with E-state index in [0.717, 1.165) is 23.8 Å². The van der Waals surface area contributed by atoms with Crippen LogP contribution in [0.5, 0.6) is 0 Å². The predicted octanol–water partition coefficient (Wildman–Crippen LogP) is 1.38. The van der Waals surface area contributed by atoms with Gasteiger partial charge in [0.05, 0.1) is 16.8 Å². The van der Waals surface area contributed by atoms with Gasteiger partial charge in [0, 0.05) is 14.2 Å². The molecule has 2 fully saturated rings. The van der Waals surface area contributed by atoms with Gasteiger partial charge in [0.2, 0.25) is 0 Å². The summed E-state index contributed by atoms with van der Waals surface area (Å²) in [6.07, 6.45) is 1.24. The molecule has 1 N–H and O–H groups in total. The molecule has 3 rings (SSSR count). The lowest BCUT2D eigenvalue weighted by molar-refractivity contribution is -0.0801. The van der Waals surface area contributed by atoms with Crippen LogP contribution >= 0.6 is 0 Å². The van der Waals surface area contributed by atoms with Gasteiger partial charge in [-0.3, -0.25) is 4.68 Å². The quantitative estimate of drug-likeness (QED) is 0.655. The molecular formula is C16H27BN2O4. The van der Waals surface area contributed by atoms with Crippen LogP contribution in [0.3, 0.4) is 0 Å². The third-order valence-corrected chi connectivity index (χ3v) is 5.62. The van der Waals surface area contributed by atoms with Crippen molar-refractivity contribution in [3.05, 3.63) is 11.8 Å². The molecule has 3 unspecified atom stereocenters. The second-order valence-corrected chi connectivity index (χ2v) is 7.69. The molecule has 1 aromatic rings. The zero-order valence-electron chi connectivity index (χ0n) is 14.9. The summed E-state index contributed by atoms with van der Waals surface area (Å²) < 4.78 is 19.2. The lowest BCUT2D eigenvalue weighted by Crippen LogP contribution is -2.45. The Morgan fingerprint density at radius 3 is 2.70 bits per heavy atom. The van der Waals surface area contributed by atoms with Crippen LogP contribution in [-0.2, 0) is 21.1 Å². The largest absolute Gasteiger partial charge is 0.514 e. The fraction of sp³-hybridized carbons (Fsp3) is 0.812. The Bertz CT molecular complexity index is 591. The molecule has 0 radical (unpaired) electrons. The second kappa shape index (κ2) is 5.58. The normalized spacial score (nSPS) is 34.0. The van der Waals surface area contributed by atoms with Crippen molar-refractivity contribution >= 4 is 12.7 Å². The van der Waals surface area contributed by atoms with Gasteiger partial charge in [-0.1, -0.05) is 6.92 Å². The van der Waals surface area contributed by atoms with Crippen LogP contribution in [0, 0.1) is 11.8 Å². The Hall–Kier alpha value is -0.885. The van der Waals surface area contributed by atoms with Gasteiger partial charge < -0.3 is 19.2 Å². The molecule has 2 heterocycles. The molecule has 6 nitrogen and oxygen atoms in total. The molecule has 1 aromatic heterocycles. The molecule has 1 aliphatic heterocycles. The van der Waals surface area contributed by atoms with Crippen LogP contribution in [0.2, 0.25) is 0 Å². The van der Waals surface area contributed by atoms with Gasteiger partial charge in [-0.05, 0) is 51.5 Å². The van der Waals surface area contributed by atoms with Crippen LogP contribution < -0.4 is 5.59 Å². The number of aromatic nitrogens is 2. The van der Waals surface area contributed by atoms with Crippen LogP contribution in [0.4, 0.5) is 0 Å². The zero-order chi connectivity index (χ0) is 17.0. The van der Waals surface area contributed by atoms with Crippen LogP contribution in [0.25, 0.3) is 0 Å². The number of ether oxygens (including phenoxy) is 1. The molecule has 128 valence electrons. The highest BCUT2D eigenvalue weighted by molar-refractivity contribution is 6.61. The van der Waals surface area contributed by atoms with E-state index in [9.17, 15) is 5.11 Å². The molecule has 0 aromatic carbocycles. The molecule has 1 aliphatic carbocycles. The van der Waals surface area contributed by atoms with Gasteiger partial charge in [-0.2, -0.15) is 5.10 Å². The predicted molar refractivity (Wildman–Crippen MR) is 87.1 cm³/mol. The SMILES string of the molecule is COC(O)c1cc(B2OC(C)(C)C(C)(C[C@H]3CC3C)O2)n(C)n1. The standard InChI is InChI=1S/C16H27BN2O4/c1-10-7-11(10)9-16(4)15(2,3)22-17(23-16)13-8-12(14(20)21-6)18-19(13)5/h8,10-11,14,20H,7,9H2,1-6H3/t10?,11-,14?,16?/m1/s1. The van der Waals surface area contributed by atoms with Gasteiger partial charge in [0.15, 0.2) is 6.29 Å². The number of hydrogen-bond donors (Lipinski definition) is 1. The smallest absolute Gasteiger partial charge is 0.398 e. The van der Waals surface area contributed by atoms with Gasteiger partial charge >= 0.3 is 7.12 Å². The van der Waals surface area contributed by atoms with E-state index >= 15 is 0 Å². The Balaban J connectivity index is 1.81. The summed E-state index contributed by atoms with van der Waals surface area (Å²) in [5.74, 6) is 1.50. The zero-order valence-corrected chi connectivity index (χ0v) is 14.9. The molecule has 1 saturated carbocycles. The van der Waals surface area contributed by atoms with Crippen molar-refractivity contribution in [2.24, 2.45) is 18.9 Å². The maximum atomic E-state index is 9.79. The summed E-state index contributed by atoms with van der Waals surface area (Å²) in [6.45, 7) is 8.59. The molecule has 2 aliphatic rings. The number of rotatable bonds is 5. The van der Waals surface area contributed by atoms with Gasteiger partial charge in [0.1, 0.15) is 5.69 Å². The summed E-state index contributed by atoms with van der Waals surface area (Å²) in [5.41, 5.74) is 0.526. The molecule has 0 spiro atoms. The molecular weight excluding hydrogens is 295 g/mol. The van der Waals surface area contributed by atoms with E-state index in [4.69, 9.17) is 14.0 Å². The van der Waals surface area contributed by atoms with Crippen LogP contribution in [0.15, 0.2) is 6.07 Å². The van der Waals surface area contributed by atoms with E-state index in [-0.39, 0.29) is 11.2 Å². The summed E-state index contributed by atoms with van der Waals surface area (Å²) >= 11 is 0. The third-order valence-electron chi connectivity index (χ3n) is 5.62. The first kappa shape index (κ1) is 17.0. The van der Waals surface area contributed by atoms with Crippen molar-refractivity contribution < 1.29 is 19.2 Å². The number of aryl methyl sites for hydroxylation is 1. The highest BCUT2D eigenvalue weighted by Crippen LogP contribution is 2.50. The van der Waals surface area contributed by atoms with Gasteiger partial charge in [-0.25, -0.2) is 0 Å². The first-order valence-electron chi connectivity index (χ1n) is 8.27. The Morgan fingerprint density at radius 1 is 1.48 bits per heavy atom. The molecule has 7 heteroatoms. The van der Waals surface area contributed by atoms with Crippen molar-refractivity contribution in [1.82, 2.24) is 9.78 Å². The van der Waals surface area contributed by atoms with Gasteiger partial charge in [0.25, 0.3) is 0 Å². The first-order valence-corrected chi connectivity index (χ1v) is 8.27. The lowest BCUT2D eigenvalue weighted by atomic mass is 9.83. The van der Waals surface area contributed by atoms with E-state index in [1.54, 1.807) is 10.7 Å². The van der Waals surface area contributed by atoms with Gasteiger partial charge in [-0.15, -0.1) is 0 Å². The molecule has 0 amide bonds. The minimum Gasteiger partial charge on any atom is -0.398 e.